The van der Waals surface area contributed by atoms with Crippen molar-refractivity contribution in [3.05, 3.63) is 35.4 Å². The van der Waals surface area contributed by atoms with E-state index in [4.69, 9.17) is 9.84 Å². The first kappa shape index (κ1) is 14.1. The Balaban J connectivity index is 2.28. The third-order valence-electron chi connectivity index (χ3n) is 3.30. The van der Waals surface area contributed by atoms with Crippen LogP contribution < -0.4 is 4.74 Å². The maximum Gasteiger partial charge on any atom is 0.328 e. The summed E-state index contributed by atoms with van der Waals surface area (Å²) in [7, 11) is 3.29. The SMILES string of the molecule is COc1ccc(C(=O)N(C)C2CC2)cc1C=CC(=O)O. The van der Waals surface area contributed by atoms with Gasteiger partial charge < -0.3 is 14.7 Å². The van der Waals surface area contributed by atoms with Crippen molar-refractivity contribution in [1.29, 1.82) is 0 Å². The minimum atomic E-state index is -1.04. The maximum atomic E-state index is 12.3. The molecule has 1 aliphatic carbocycles. The van der Waals surface area contributed by atoms with Gasteiger partial charge in [0, 0.05) is 30.3 Å². The normalized spacial score (nSPS) is 14.3. The summed E-state index contributed by atoms with van der Waals surface area (Å²) >= 11 is 0. The number of amides is 1. The highest BCUT2D eigenvalue weighted by atomic mass is 16.5. The molecule has 0 aromatic heterocycles. The predicted molar refractivity (Wildman–Crippen MR) is 74.8 cm³/mol. The lowest BCUT2D eigenvalue weighted by Crippen LogP contribution is -2.28. The molecular weight excluding hydrogens is 258 g/mol. The number of hydrogen-bond donors (Lipinski definition) is 1. The third-order valence-corrected chi connectivity index (χ3v) is 3.30. The van der Waals surface area contributed by atoms with Crippen LogP contribution in [0.1, 0.15) is 28.8 Å². The quantitative estimate of drug-likeness (QED) is 0.835. The highest BCUT2D eigenvalue weighted by Crippen LogP contribution is 2.28. The molecule has 0 atom stereocenters. The zero-order valence-electron chi connectivity index (χ0n) is 11.5. The lowest BCUT2D eigenvalue weighted by molar-refractivity contribution is -0.131. The van der Waals surface area contributed by atoms with Crippen LogP contribution in [0, 0.1) is 0 Å². The maximum absolute atomic E-state index is 12.3. The molecule has 0 aliphatic heterocycles. The van der Waals surface area contributed by atoms with Crippen molar-refractivity contribution in [3.63, 3.8) is 0 Å². The van der Waals surface area contributed by atoms with Crippen LogP contribution in [0.5, 0.6) is 5.75 Å². The number of aliphatic carboxylic acids is 1. The Hall–Kier alpha value is -2.30. The van der Waals surface area contributed by atoms with E-state index in [2.05, 4.69) is 0 Å². The number of carbonyl (C=O) groups excluding carboxylic acids is 1. The van der Waals surface area contributed by atoms with E-state index >= 15 is 0 Å². The highest BCUT2D eigenvalue weighted by molar-refractivity contribution is 5.96. The lowest BCUT2D eigenvalue weighted by Gasteiger charge is -2.17. The van der Waals surface area contributed by atoms with Crippen molar-refractivity contribution in [2.24, 2.45) is 0 Å². The number of carboxylic acids is 1. The van der Waals surface area contributed by atoms with E-state index in [1.54, 1.807) is 30.1 Å². The van der Waals surface area contributed by atoms with Crippen molar-refractivity contribution in [3.8, 4) is 5.75 Å². The second kappa shape index (κ2) is 5.77. The molecule has 0 unspecified atom stereocenters. The van der Waals surface area contributed by atoms with Crippen molar-refractivity contribution in [1.82, 2.24) is 4.90 Å². The topological polar surface area (TPSA) is 66.8 Å². The molecule has 1 aliphatic rings. The number of carboxylic acid groups (broad SMARTS) is 1. The number of carbonyl (C=O) groups is 2. The number of benzene rings is 1. The molecule has 5 heteroatoms. The Bertz CT molecular complexity index is 561. The van der Waals surface area contributed by atoms with E-state index < -0.39 is 5.97 Å². The van der Waals surface area contributed by atoms with Gasteiger partial charge in [0.05, 0.1) is 7.11 Å². The first-order valence-corrected chi connectivity index (χ1v) is 6.39. The number of hydrogen-bond acceptors (Lipinski definition) is 3. The van der Waals surface area contributed by atoms with Gasteiger partial charge >= 0.3 is 5.97 Å². The standard InChI is InChI=1S/C15H17NO4/c1-16(12-5-6-12)15(19)11-3-7-13(20-2)10(9-11)4-8-14(17)18/h3-4,7-9,12H,5-6H2,1-2H3,(H,17,18). The van der Waals surface area contributed by atoms with Crippen molar-refractivity contribution in [2.75, 3.05) is 14.2 Å². The summed E-state index contributed by atoms with van der Waals surface area (Å²) in [6.07, 6.45) is 4.54. The highest BCUT2D eigenvalue weighted by Gasteiger charge is 2.30. The van der Waals surface area contributed by atoms with Gasteiger partial charge in [0.2, 0.25) is 0 Å². The van der Waals surface area contributed by atoms with Crippen LogP contribution in [0.2, 0.25) is 0 Å². The van der Waals surface area contributed by atoms with Crippen LogP contribution in [0.4, 0.5) is 0 Å². The summed E-state index contributed by atoms with van der Waals surface area (Å²) in [5.74, 6) is -0.563. The molecule has 5 nitrogen and oxygen atoms in total. The molecule has 1 aromatic carbocycles. The molecular formula is C15H17NO4. The molecule has 0 saturated heterocycles. The van der Waals surface area contributed by atoms with E-state index in [0.717, 1.165) is 18.9 Å². The van der Waals surface area contributed by atoms with Gasteiger partial charge in [-0.25, -0.2) is 4.79 Å². The second-order valence-electron chi connectivity index (χ2n) is 4.78. The summed E-state index contributed by atoms with van der Waals surface area (Å²) in [6, 6.07) is 5.36. The van der Waals surface area contributed by atoms with E-state index in [1.807, 2.05) is 0 Å². The number of nitrogens with zero attached hydrogens (tertiary/aromatic N) is 1. The van der Waals surface area contributed by atoms with Gasteiger partial charge in [-0.05, 0) is 37.1 Å². The fourth-order valence-corrected chi connectivity index (χ4v) is 1.99. The monoisotopic (exact) mass is 275 g/mol. The first-order valence-electron chi connectivity index (χ1n) is 6.39. The molecule has 1 N–H and O–H groups in total. The molecule has 0 heterocycles. The van der Waals surface area contributed by atoms with E-state index in [9.17, 15) is 9.59 Å². The average molecular weight is 275 g/mol. The molecule has 0 radical (unpaired) electrons. The second-order valence-corrected chi connectivity index (χ2v) is 4.78. The number of ether oxygens (including phenoxy) is 1. The summed E-state index contributed by atoms with van der Waals surface area (Å²) < 4.78 is 5.16. The molecule has 1 amide bonds. The van der Waals surface area contributed by atoms with Gasteiger partial charge in [-0.15, -0.1) is 0 Å². The largest absolute Gasteiger partial charge is 0.496 e. The molecule has 0 bridgehead atoms. The van der Waals surface area contributed by atoms with E-state index in [-0.39, 0.29) is 5.91 Å². The van der Waals surface area contributed by atoms with Gasteiger partial charge in [0.25, 0.3) is 5.91 Å². The van der Waals surface area contributed by atoms with Gasteiger partial charge in [-0.1, -0.05) is 0 Å². The predicted octanol–water partition coefficient (Wildman–Crippen LogP) is 2.03. The van der Waals surface area contributed by atoms with E-state index in [0.29, 0.717) is 22.9 Å². The molecule has 2 rings (SSSR count). The fourth-order valence-electron chi connectivity index (χ4n) is 1.99. The van der Waals surface area contributed by atoms with E-state index in [1.165, 1.54) is 13.2 Å². The first-order chi connectivity index (χ1) is 9.52. The van der Waals surface area contributed by atoms with Gasteiger partial charge in [0.15, 0.2) is 0 Å². The molecule has 0 spiro atoms. The lowest BCUT2D eigenvalue weighted by atomic mass is 10.1. The third kappa shape index (κ3) is 3.17. The molecule has 1 aromatic rings. The minimum absolute atomic E-state index is 0.0554. The summed E-state index contributed by atoms with van der Waals surface area (Å²) in [5.41, 5.74) is 1.11. The smallest absolute Gasteiger partial charge is 0.328 e. The zero-order valence-corrected chi connectivity index (χ0v) is 11.5. The Morgan fingerprint density at radius 3 is 2.65 bits per heavy atom. The molecule has 1 fully saturated rings. The van der Waals surface area contributed by atoms with Gasteiger partial charge in [-0.3, -0.25) is 4.79 Å². The fraction of sp³-hybridized carbons (Fsp3) is 0.333. The number of rotatable bonds is 5. The Labute approximate surface area is 117 Å². The Morgan fingerprint density at radius 2 is 2.10 bits per heavy atom. The van der Waals surface area contributed by atoms with Crippen molar-refractivity contribution in [2.45, 2.75) is 18.9 Å². The van der Waals surface area contributed by atoms with Crippen LogP contribution in [-0.2, 0) is 4.79 Å². The van der Waals surface area contributed by atoms with Gasteiger partial charge in [-0.2, -0.15) is 0 Å². The number of methoxy groups -OCH3 is 1. The van der Waals surface area contributed by atoms with Crippen LogP contribution in [0.15, 0.2) is 24.3 Å². The van der Waals surface area contributed by atoms with Crippen LogP contribution in [0.3, 0.4) is 0 Å². The van der Waals surface area contributed by atoms with Crippen LogP contribution in [0.25, 0.3) is 6.08 Å². The minimum Gasteiger partial charge on any atom is -0.496 e. The summed E-state index contributed by atoms with van der Waals surface area (Å²) in [6.45, 7) is 0. The Kier molecular flexibility index (Phi) is 4.08. The summed E-state index contributed by atoms with van der Waals surface area (Å²) in [5, 5.41) is 8.68. The molecule has 1 saturated carbocycles. The molecule has 20 heavy (non-hydrogen) atoms. The van der Waals surface area contributed by atoms with Crippen LogP contribution >= 0.6 is 0 Å². The zero-order chi connectivity index (χ0) is 14.7. The Morgan fingerprint density at radius 1 is 1.40 bits per heavy atom. The van der Waals surface area contributed by atoms with Crippen molar-refractivity contribution >= 4 is 18.0 Å². The average Bonchev–Trinajstić information content (AvgIpc) is 3.27. The van der Waals surface area contributed by atoms with Gasteiger partial charge in [0.1, 0.15) is 5.75 Å². The molecule has 106 valence electrons. The van der Waals surface area contributed by atoms with Crippen molar-refractivity contribution < 1.29 is 19.4 Å². The van der Waals surface area contributed by atoms with Crippen LogP contribution in [-0.4, -0.2) is 42.1 Å². The summed E-state index contributed by atoms with van der Waals surface area (Å²) in [4.78, 5) is 24.6.